The number of carbonyl (C=O) groups excluding carboxylic acids is 1. The fourth-order valence-corrected chi connectivity index (χ4v) is 1.91. The molecule has 1 rings (SSSR count). The van der Waals surface area contributed by atoms with Crippen molar-refractivity contribution < 1.29 is 13.6 Å². The Morgan fingerprint density at radius 2 is 1.94 bits per heavy atom. The fourth-order valence-electron chi connectivity index (χ4n) is 1.84. The first-order chi connectivity index (χ1) is 8.14. The summed E-state index contributed by atoms with van der Waals surface area (Å²) < 4.78 is 25.9. The van der Waals surface area contributed by atoms with Gasteiger partial charge in [0, 0.05) is 30.7 Å². The van der Waals surface area contributed by atoms with Gasteiger partial charge in [-0.25, -0.2) is 8.78 Å². The summed E-state index contributed by atoms with van der Waals surface area (Å²) in [6, 6.07) is 0. The Morgan fingerprint density at radius 1 is 1.44 bits per heavy atom. The van der Waals surface area contributed by atoms with Crippen LogP contribution in [0.2, 0.25) is 0 Å². The van der Waals surface area contributed by atoms with Crippen molar-refractivity contribution in [3.8, 4) is 0 Å². The van der Waals surface area contributed by atoms with Crippen LogP contribution in [0, 0.1) is 11.3 Å². The number of nitrogens with one attached hydrogen (secondary N) is 1. The molecule has 0 saturated heterocycles. The molecule has 0 aromatic heterocycles. The van der Waals surface area contributed by atoms with Crippen molar-refractivity contribution in [2.45, 2.75) is 45.5 Å². The zero-order chi connectivity index (χ0) is 14.0. The summed E-state index contributed by atoms with van der Waals surface area (Å²) in [7, 11) is 0. The first-order valence-electron chi connectivity index (χ1n) is 6.09. The van der Waals surface area contributed by atoms with E-state index in [9.17, 15) is 13.6 Å². The van der Waals surface area contributed by atoms with Crippen molar-refractivity contribution in [3.05, 3.63) is 0 Å². The molecule has 0 atom stereocenters. The van der Waals surface area contributed by atoms with Gasteiger partial charge in [0.15, 0.2) is 0 Å². The number of hydrogen-bond donors (Lipinski definition) is 2. The van der Waals surface area contributed by atoms with Crippen LogP contribution in [0.25, 0.3) is 0 Å². The molecule has 104 valence electrons. The van der Waals surface area contributed by atoms with Gasteiger partial charge < -0.3 is 11.1 Å². The van der Waals surface area contributed by atoms with Crippen molar-refractivity contribution in [2.24, 2.45) is 17.1 Å². The molecule has 18 heavy (non-hydrogen) atoms. The van der Waals surface area contributed by atoms with Crippen molar-refractivity contribution >= 4 is 23.1 Å². The summed E-state index contributed by atoms with van der Waals surface area (Å²) in [6.45, 7) is 4.02. The van der Waals surface area contributed by atoms with Crippen molar-refractivity contribution in [3.63, 3.8) is 0 Å². The third-order valence-electron chi connectivity index (χ3n) is 3.46. The molecule has 0 heterocycles. The number of thiocarbonyl (C=S) groups is 1. The molecule has 3 nitrogen and oxygen atoms in total. The van der Waals surface area contributed by atoms with Crippen LogP contribution in [-0.2, 0) is 4.79 Å². The lowest BCUT2D eigenvalue weighted by Gasteiger charge is -2.29. The van der Waals surface area contributed by atoms with Crippen LogP contribution in [0.15, 0.2) is 0 Å². The Bertz CT molecular complexity index is 335. The number of alkyl halides is 2. The molecule has 3 N–H and O–H groups in total. The van der Waals surface area contributed by atoms with E-state index in [2.05, 4.69) is 5.32 Å². The minimum absolute atomic E-state index is 0.171. The SMILES string of the molecule is CC(C)(CNC(=O)C1CCC(F)(F)CC1)C(N)=S. The second-order valence-electron chi connectivity index (χ2n) is 5.60. The van der Waals surface area contributed by atoms with Gasteiger partial charge >= 0.3 is 0 Å². The average molecular weight is 278 g/mol. The van der Waals surface area contributed by atoms with Crippen LogP contribution in [-0.4, -0.2) is 23.4 Å². The summed E-state index contributed by atoms with van der Waals surface area (Å²) in [4.78, 5) is 12.2. The zero-order valence-electron chi connectivity index (χ0n) is 10.8. The molecule has 1 saturated carbocycles. The molecule has 6 heteroatoms. The standard InChI is InChI=1S/C12H20F2N2OS/c1-11(2,10(15)18)7-16-9(17)8-3-5-12(13,14)6-4-8/h8H,3-7H2,1-2H3,(H2,15,18)(H,16,17). The van der Waals surface area contributed by atoms with Gasteiger partial charge in [-0.1, -0.05) is 26.1 Å². The van der Waals surface area contributed by atoms with E-state index in [0.717, 1.165) is 0 Å². The Hall–Kier alpha value is -0.780. The number of rotatable bonds is 4. The van der Waals surface area contributed by atoms with E-state index in [0.29, 0.717) is 11.5 Å². The lowest BCUT2D eigenvalue weighted by molar-refractivity contribution is -0.129. The molecule has 1 amide bonds. The summed E-state index contributed by atoms with van der Waals surface area (Å²) in [5.41, 5.74) is 5.10. The van der Waals surface area contributed by atoms with Gasteiger partial charge in [0.2, 0.25) is 11.8 Å². The van der Waals surface area contributed by atoms with Gasteiger partial charge in [-0.05, 0) is 12.8 Å². The molecule has 0 aromatic carbocycles. The number of halogens is 2. The average Bonchev–Trinajstić information content (AvgIpc) is 2.25. The van der Waals surface area contributed by atoms with Crippen LogP contribution in [0.1, 0.15) is 39.5 Å². The highest BCUT2D eigenvalue weighted by atomic mass is 32.1. The minimum Gasteiger partial charge on any atom is -0.393 e. The Balaban J connectivity index is 2.41. The molecule has 0 spiro atoms. The molecule has 0 bridgehead atoms. The van der Waals surface area contributed by atoms with E-state index in [1.54, 1.807) is 0 Å². The topological polar surface area (TPSA) is 55.1 Å². The lowest BCUT2D eigenvalue weighted by atomic mass is 9.85. The van der Waals surface area contributed by atoms with E-state index in [1.165, 1.54) is 0 Å². The van der Waals surface area contributed by atoms with Crippen molar-refractivity contribution in [1.29, 1.82) is 0 Å². The fraction of sp³-hybridized carbons (Fsp3) is 0.833. The monoisotopic (exact) mass is 278 g/mol. The lowest BCUT2D eigenvalue weighted by Crippen LogP contribution is -2.44. The number of amides is 1. The maximum Gasteiger partial charge on any atom is 0.248 e. The highest BCUT2D eigenvalue weighted by Crippen LogP contribution is 2.36. The second kappa shape index (κ2) is 5.47. The normalized spacial score (nSPS) is 20.4. The molecule has 0 radical (unpaired) electrons. The van der Waals surface area contributed by atoms with Gasteiger partial charge in [-0.15, -0.1) is 0 Å². The van der Waals surface area contributed by atoms with Crippen LogP contribution < -0.4 is 11.1 Å². The molecule has 1 aliphatic rings. The molecule has 0 aromatic rings. The molecular weight excluding hydrogens is 258 g/mol. The number of carbonyl (C=O) groups is 1. The molecule has 0 unspecified atom stereocenters. The van der Waals surface area contributed by atoms with E-state index < -0.39 is 11.3 Å². The first-order valence-corrected chi connectivity index (χ1v) is 6.50. The zero-order valence-corrected chi connectivity index (χ0v) is 11.6. The van der Waals surface area contributed by atoms with Crippen molar-refractivity contribution in [1.82, 2.24) is 5.32 Å². The number of hydrogen-bond acceptors (Lipinski definition) is 2. The molecule has 1 fully saturated rings. The van der Waals surface area contributed by atoms with E-state index in [1.807, 2.05) is 13.8 Å². The van der Waals surface area contributed by atoms with Gasteiger partial charge in [0.05, 0.1) is 4.99 Å². The summed E-state index contributed by atoms with van der Waals surface area (Å²) >= 11 is 4.90. The second-order valence-corrected chi connectivity index (χ2v) is 6.04. The van der Waals surface area contributed by atoms with Gasteiger partial charge in [0.1, 0.15) is 0 Å². The highest BCUT2D eigenvalue weighted by Gasteiger charge is 2.37. The predicted octanol–water partition coefficient (Wildman–Crippen LogP) is 2.24. The third-order valence-corrected chi connectivity index (χ3v) is 4.01. The smallest absolute Gasteiger partial charge is 0.248 e. The Morgan fingerprint density at radius 3 is 2.39 bits per heavy atom. The number of nitrogens with two attached hydrogens (primary N) is 1. The summed E-state index contributed by atoms with van der Waals surface area (Å²) in [5, 5.41) is 2.75. The maximum atomic E-state index is 13.0. The molecular formula is C12H20F2N2OS. The van der Waals surface area contributed by atoms with Crippen LogP contribution in [0.3, 0.4) is 0 Å². The summed E-state index contributed by atoms with van der Waals surface area (Å²) in [6.07, 6.45) is 0.0756. The van der Waals surface area contributed by atoms with Gasteiger partial charge in [0.25, 0.3) is 0 Å². The Kier molecular flexibility index (Phi) is 4.64. The van der Waals surface area contributed by atoms with Crippen molar-refractivity contribution in [2.75, 3.05) is 6.54 Å². The first kappa shape index (κ1) is 15.3. The van der Waals surface area contributed by atoms with E-state index in [-0.39, 0.29) is 37.5 Å². The van der Waals surface area contributed by atoms with E-state index >= 15 is 0 Å². The van der Waals surface area contributed by atoms with Crippen LogP contribution in [0.4, 0.5) is 8.78 Å². The van der Waals surface area contributed by atoms with E-state index in [4.69, 9.17) is 18.0 Å². The minimum atomic E-state index is -2.60. The largest absolute Gasteiger partial charge is 0.393 e. The third kappa shape index (κ3) is 4.15. The van der Waals surface area contributed by atoms with Gasteiger partial charge in [-0.2, -0.15) is 0 Å². The predicted molar refractivity (Wildman–Crippen MR) is 70.5 cm³/mol. The van der Waals surface area contributed by atoms with Gasteiger partial charge in [-0.3, -0.25) is 4.79 Å². The van der Waals surface area contributed by atoms with Crippen LogP contribution in [0.5, 0.6) is 0 Å². The Labute approximate surface area is 111 Å². The maximum absolute atomic E-state index is 13.0. The summed E-state index contributed by atoms with van der Waals surface area (Å²) in [5.74, 6) is -3.09. The van der Waals surface area contributed by atoms with Crippen LogP contribution >= 0.6 is 12.2 Å². The molecule has 0 aliphatic heterocycles. The highest BCUT2D eigenvalue weighted by molar-refractivity contribution is 7.80. The quantitative estimate of drug-likeness (QED) is 0.775. The molecule has 1 aliphatic carbocycles.